The SMILES string of the molecule is Cc1ccc(Br)cc1S(=O)(=O)N1CCC[C@@H](C(=O)O)[C@H]1C. The van der Waals surface area contributed by atoms with Crippen LogP contribution in [0.1, 0.15) is 25.3 Å². The minimum absolute atomic E-state index is 0.231. The lowest BCUT2D eigenvalue weighted by atomic mass is 9.92. The van der Waals surface area contributed by atoms with E-state index < -0.39 is 28.0 Å². The van der Waals surface area contributed by atoms with Crippen LogP contribution in [0.4, 0.5) is 0 Å². The van der Waals surface area contributed by atoms with Crippen molar-refractivity contribution in [2.45, 2.75) is 37.6 Å². The first kappa shape index (κ1) is 16.5. The fourth-order valence-electron chi connectivity index (χ4n) is 2.76. The van der Waals surface area contributed by atoms with Crippen molar-refractivity contribution in [3.63, 3.8) is 0 Å². The number of hydrogen-bond acceptors (Lipinski definition) is 3. The number of nitrogens with zero attached hydrogens (tertiary/aromatic N) is 1. The summed E-state index contributed by atoms with van der Waals surface area (Å²) in [5, 5.41) is 9.23. The highest BCUT2D eigenvalue weighted by atomic mass is 79.9. The number of rotatable bonds is 3. The Morgan fingerprint density at radius 2 is 2.10 bits per heavy atom. The molecule has 0 amide bonds. The first-order chi connectivity index (χ1) is 9.75. The zero-order valence-electron chi connectivity index (χ0n) is 11.9. The van der Waals surface area contributed by atoms with Gasteiger partial charge in [0.1, 0.15) is 0 Å². The summed E-state index contributed by atoms with van der Waals surface area (Å²) in [4.78, 5) is 11.5. The summed E-state index contributed by atoms with van der Waals surface area (Å²) in [6, 6.07) is 4.55. The lowest BCUT2D eigenvalue weighted by Crippen LogP contribution is -2.49. The van der Waals surface area contributed by atoms with Gasteiger partial charge in [-0.15, -0.1) is 0 Å². The second kappa shape index (κ2) is 6.06. The van der Waals surface area contributed by atoms with E-state index in [1.165, 1.54) is 4.31 Å². The Morgan fingerprint density at radius 3 is 2.71 bits per heavy atom. The van der Waals surface area contributed by atoms with Gasteiger partial charge in [0, 0.05) is 17.1 Å². The van der Waals surface area contributed by atoms with Crippen LogP contribution < -0.4 is 0 Å². The molecule has 2 rings (SSSR count). The lowest BCUT2D eigenvalue weighted by Gasteiger charge is -2.36. The monoisotopic (exact) mass is 375 g/mol. The van der Waals surface area contributed by atoms with Crippen LogP contribution in [-0.2, 0) is 14.8 Å². The third-order valence-electron chi connectivity index (χ3n) is 3.98. The van der Waals surface area contributed by atoms with Crippen molar-refractivity contribution in [1.29, 1.82) is 0 Å². The number of carboxylic acid groups (broad SMARTS) is 1. The molecule has 2 atom stereocenters. The molecule has 0 unspecified atom stereocenters. The summed E-state index contributed by atoms with van der Waals surface area (Å²) < 4.78 is 27.7. The maximum atomic E-state index is 12.9. The number of carboxylic acids is 1. The van der Waals surface area contributed by atoms with Gasteiger partial charge in [-0.1, -0.05) is 22.0 Å². The Balaban J connectivity index is 2.43. The number of carbonyl (C=O) groups is 1. The molecule has 0 spiro atoms. The molecule has 1 aromatic carbocycles. The van der Waals surface area contributed by atoms with E-state index in [1.54, 1.807) is 32.0 Å². The molecule has 21 heavy (non-hydrogen) atoms. The van der Waals surface area contributed by atoms with Crippen molar-refractivity contribution in [2.24, 2.45) is 5.92 Å². The Kier molecular flexibility index (Phi) is 4.75. The molecule has 0 aliphatic carbocycles. The molecule has 1 saturated heterocycles. The summed E-state index contributed by atoms with van der Waals surface area (Å²) in [6.07, 6.45) is 1.08. The maximum Gasteiger partial charge on any atom is 0.308 e. The fourth-order valence-corrected chi connectivity index (χ4v) is 5.23. The molecule has 0 aromatic heterocycles. The third kappa shape index (κ3) is 3.14. The van der Waals surface area contributed by atoms with E-state index in [1.807, 2.05) is 0 Å². The molecule has 1 aliphatic heterocycles. The fraction of sp³-hybridized carbons (Fsp3) is 0.500. The van der Waals surface area contributed by atoms with Crippen LogP contribution in [0.2, 0.25) is 0 Å². The zero-order chi connectivity index (χ0) is 15.8. The summed E-state index contributed by atoms with van der Waals surface area (Å²) in [5.41, 5.74) is 0.655. The zero-order valence-corrected chi connectivity index (χ0v) is 14.3. The molecule has 1 N–H and O–H groups in total. The Morgan fingerprint density at radius 1 is 1.43 bits per heavy atom. The second-order valence-electron chi connectivity index (χ2n) is 5.35. The molecule has 0 saturated carbocycles. The minimum atomic E-state index is -3.69. The molecule has 116 valence electrons. The summed E-state index contributed by atoms with van der Waals surface area (Å²) in [6.45, 7) is 3.77. The van der Waals surface area contributed by atoms with Crippen LogP contribution in [0.25, 0.3) is 0 Å². The Bertz CT molecular complexity index is 659. The van der Waals surface area contributed by atoms with Crippen LogP contribution in [0.5, 0.6) is 0 Å². The van der Waals surface area contributed by atoms with Crippen molar-refractivity contribution in [3.05, 3.63) is 28.2 Å². The van der Waals surface area contributed by atoms with Gasteiger partial charge in [-0.3, -0.25) is 4.79 Å². The van der Waals surface area contributed by atoms with Gasteiger partial charge in [0.15, 0.2) is 0 Å². The molecule has 1 heterocycles. The van der Waals surface area contributed by atoms with Crippen LogP contribution in [0.3, 0.4) is 0 Å². The van der Waals surface area contributed by atoms with Gasteiger partial charge >= 0.3 is 5.97 Å². The van der Waals surface area contributed by atoms with Gasteiger partial charge in [-0.05, 0) is 44.4 Å². The van der Waals surface area contributed by atoms with Crippen molar-refractivity contribution in [3.8, 4) is 0 Å². The van der Waals surface area contributed by atoms with Gasteiger partial charge in [0.05, 0.1) is 10.8 Å². The average molecular weight is 376 g/mol. The molecular weight excluding hydrogens is 358 g/mol. The molecule has 1 fully saturated rings. The van der Waals surface area contributed by atoms with Gasteiger partial charge in [-0.25, -0.2) is 8.42 Å². The molecule has 0 bridgehead atoms. The van der Waals surface area contributed by atoms with E-state index in [2.05, 4.69) is 15.9 Å². The molecule has 7 heteroatoms. The van der Waals surface area contributed by atoms with E-state index in [4.69, 9.17) is 0 Å². The number of hydrogen-bond donors (Lipinski definition) is 1. The number of sulfonamides is 1. The smallest absolute Gasteiger partial charge is 0.308 e. The lowest BCUT2D eigenvalue weighted by molar-refractivity contribution is -0.144. The molecule has 0 radical (unpaired) electrons. The van der Waals surface area contributed by atoms with Crippen molar-refractivity contribution >= 4 is 31.9 Å². The van der Waals surface area contributed by atoms with Gasteiger partial charge in [0.2, 0.25) is 10.0 Å². The number of benzene rings is 1. The van der Waals surface area contributed by atoms with E-state index in [9.17, 15) is 18.3 Å². The predicted octanol–water partition coefficient (Wildman–Crippen LogP) is 2.63. The Labute approximate surface area is 133 Å². The third-order valence-corrected chi connectivity index (χ3v) is 6.61. The topological polar surface area (TPSA) is 74.7 Å². The number of halogens is 1. The highest BCUT2D eigenvalue weighted by molar-refractivity contribution is 9.10. The average Bonchev–Trinajstić information content (AvgIpc) is 2.41. The Hall–Kier alpha value is -0.920. The molecule has 1 aromatic rings. The van der Waals surface area contributed by atoms with E-state index in [-0.39, 0.29) is 4.90 Å². The van der Waals surface area contributed by atoms with Gasteiger partial charge < -0.3 is 5.11 Å². The molecule has 5 nitrogen and oxygen atoms in total. The van der Waals surface area contributed by atoms with Gasteiger partial charge in [0.25, 0.3) is 0 Å². The highest BCUT2D eigenvalue weighted by Crippen LogP contribution is 2.31. The van der Waals surface area contributed by atoms with Crippen LogP contribution in [0, 0.1) is 12.8 Å². The largest absolute Gasteiger partial charge is 0.481 e. The minimum Gasteiger partial charge on any atom is -0.481 e. The normalized spacial score (nSPS) is 24.0. The van der Waals surface area contributed by atoms with Crippen molar-refractivity contribution < 1.29 is 18.3 Å². The van der Waals surface area contributed by atoms with Crippen LogP contribution in [0.15, 0.2) is 27.6 Å². The van der Waals surface area contributed by atoms with Gasteiger partial charge in [-0.2, -0.15) is 4.31 Å². The first-order valence-electron chi connectivity index (χ1n) is 6.76. The van der Waals surface area contributed by atoms with Crippen LogP contribution >= 0.6 is 15.9 Å². The van der Waals surface area contributed by atoms with Crippen LogP contribution in [-0.4, -0.2) is 36.4 Å². The van der Waals surface area contributed by atoms with Crippen molar-refractivity contribution in [1.82, 2.24) is 4.31 Å². The van der Waals surface area contributed by atoms with E-state index in [0.717, 1.165) is 0 Å². The first-order valence-corrected chi connectivity index (χ1v) is 8.99. The van der Waals surface area contributed by atoms with E-state index in [0.29, 0.717) is 29.4 Å². The second-order valence-corrected chi connectivity index (χ2v) is 8.13. The number of piperidine rings is 1. The quantitative estimate of drug-likeness (QED) is 0.880. The van der Waals surface area contributed by atoms with Crippen molar-refractivity contribution in [2.75, 3.05) is 6.54 Å². The summed E-state index contributed by atoms with van der Waals surface area (Å²) in [5.74, 6) is -1.59. The highest BCUT2D eigenvalue weighted by Gasteiger charge is 2.39. The standard InChI is InChI=1S/C14H18BrNO4S/c1-9-5-6-11(15)8-13(9)21(19,20)16-7-3-4-12(10(16)2)14(17)18/h5-6,8,10,12H,3-4,7H2,1-2H3,(H,17,18)/t10-,12-/m1/s1. The predicted molar refractivity (Wildman–Crippen MR) is 82.6 cm³/mol. The molecule has 1 aliphatic rings. The maximum absolute atomic E-state index is 12.9. The molecular formula is C14H18BrNO4S. The number of aryl methyl sites for hydroxylation is 1. The summed E-state index contributed by atoms with van der Waals surface area (Å²) >= 11 is 3.29. The number of aliphatic carboxylic acids is 1. The summed E-state index contributed by atoms with van der Waals surface area (Å²) in [7, 11) is -3.69. The van der Waals surface area contributed by atoms with E-state index >= 15 is 0 Å².